The highest BCUT2D eigenvalue weighted by Crippen LogP contribution is 2.44. The number of fused-ring (bicyclic) bond motifs is 3. The van der Waals surface area contributed by atoms with Gasteiger partial charge in [-0.15, -0.1) is 0 Å². The zero-order chi connectivity index (χ0) is 18.8. The van der Waals surface area contributed by atoms with Crippen molar-refractivity contribution in [1.82, 2.24) is 4.90 Å². The topological polar surface area (TPSA) is 29.5 Å². The quantitative estimate of drug-likeness (QED) is 0.699. The van der Waals surface area contributed by atoms with Crippen LogP contribution in [0.5, 0.6) is 5.75 Å². The molecule has 1 fully saturated rings. The van der Waals surface area contributed by atoms with Crippen LogP contribution in [0.15, 0.2) is 42.5 Å². The van der Waals surface area contributed by atoms with E-state index in [-0.39, 0.29) is 11.6 Å². The highest BCUT2D eigenvalue weighted by Gasteiger charge is 2.39. The second-order valence-electron chi connectivity index (χ2n) is 7.60. The predicted octanol–water partition coefficient (Wildman–Crippen LogP) is 4.60. The van der Waals surface area contributed by atoms with Crippen LogP contribution in [0.3, 0.4) is 0 Å². The van der Waals surface area contributed by atoms with E-state index in [0.29, 0.717) is 23.9 Å². The number of carbonyl (C=O) groups is 1. The van der Waals surface area contributed by atoms with Crippen LogP contribution >= 0.6 is 0 Å². The van der Waals surface area contributed by atoms with Crippen molar-refractivity contribution < 1.29 is 13.9 Å². The number of methoxy groups -OCH3 is 1. The molecule has 1 aliphatic heterocycles. The monoisotopic (exact) mass is 367 g/mol. The summed E-state index contributed by atoms with van der Waals surface area (Å²) in [5, 5.41) is 0. The first-order valence-corrected chi connectivity index (χ1v) is 9.86. The minimum atomic E-state index is -0.302. The maximum atomic E-state index is 13.0. The summed E-state index contributed by atoms with van der Waals surface area (Å²) >= 11 is 0. The summed E-state index contributed by atoms with van der Waals surface area (Å²) in [6.07, 6.45) is 4.76. The van der Waals surface area contributed by atoms with E-state index >= 15 is 0 Å². The number of benzene rings is 2. The molecule has 0 bridgehead atoms. The fourth-order valence-corrected chi connectivity index (χ4v) is 4.85. The lowest BCUT2D eigenvalue weighted by Gasteiger charge is -2.34. The van der Waals surface area contributed by atoms with Gasteiger partial charge in [0.05, 0.1) is 7.11 Å². The molecule has 0 spiro atoms. The molecular weight excluding hydrogens is 341 g/mol. The summed E-state index contributed by atoms with van der Waals surface area (Å²) < 4.78 is 18.5. The summed E-state index contributed by atoms with van der Waals surface area (Å²) in [4.78, 5) is 14.9. The number of nitrogens with zero attached hydrogens (tertiary/aromatic N) is 1. The minimum Gasteiger partial charge on any atom is -0.496 e. The van der Waals surface area contributed by atoms with Gasteiger partial charge in [0, 0.05) is 23.9 Å². The Balaban J connectivity index is 1.35. The van der Waals surface area contributed by atoms with E-state index in [4.69, 9.17) is 4.74 Å². The Labute approximate surface area is 160 Å². The number of carbonyl (C=O) groups excluding carboxylic acids is 1. The number of ether oxygens (including phenoxy) is 1. The fraction of sp³-hybridized carbons (Fsp3) is 0.435. The normalized spacial score (nSPS) is 21.6. The van der Waals surface area contributed by atoms with E-state index in [1.807, 2.05) is 0 Å². The average molecular weight is 367 g/mol. The summed E-state index contributed by atoms with van der Waals surface area (Å²) in [7, 11) is 1.75. The number of ketones is 1. The number of hydrogen-bond acceptors (Lipinski definition) is 3. The molecule has 0 aromatic heterocycles. The fourth-order valence-electron chi connectivity index (χ4n) is 4.85. The Bertz CT molecular complexity index is 818. The van der Waals surface area contributed by atoms with Crippen molar-refractivity contribution in [3.8, 4) is 5.75 Å². The molecule has 3 nitrogen and oxygen atoms in total. The van der Waals surface area contributed by atoms with Gasteiger partial charge in [-0.05, 0) is 80.2 Å². The van der Waals surface area contributed by atoms with Crippen molar-refractivity contribution in [1.29, 1.82) is 0 Å². The van der Waals surface area contributed by atoms with Crippen LogP contribution in [0.25, 0.3) is 0 Å². The standard InChI is InChI=1S/C23H26FNO2/c1-27-23-6-2-4-18-19-13-15-25(21(19)12-11-20(18)23)14-3-5-22(26)16-7-9-17(24)10-8-16/h2,4,6-10,19,21H,3,5,11-15H2,1H3/t19-,21+/m0/s1. The Morgan fingerprint density at radius 2 is 2.00 bits per heavy atom. The zero-order valence-electron chi connectivity index (χ0n) is 15.8. The van der Waals surface area contributed by atoms with Crippen molar-refractivity contribution in [2.45, 2.75) is 44.1 Å². The van der Waals surface area contributed by atoms with E-state index in [2.05, 4.69) is 23.1 Å². The molecule has 142 valence electrons. The smallest absolute Gasteiger partial charge is 0.162 e. The molecule has 0 radical (unpaired) electrons. The number of hydrogen-bond donors (Lipinski definition) is 0. The largest absolute Gasteiger partial charge is 0.496 e. The molecule has 2 aliphatic rings. The summed E-state index contributed by atoms with van der Waals surface area (Å²) in [5.41, 5.74) is 3.44. The van der Waals surface area contributed by atoms with Gasteiger partial charge in [0.1, 0.15) is 11.6 Å². The first-order chi connectivity index (χ1) is 13.2. The molecule has 2 aromatic carbocycles. The van der Waals surface area contributed by atoms with E-state index in [9.17, 15) is 9.18 Å². The Hall–Kier alpha value is -2.20. The van der Waals surface area contributed by atoms with E-state index in [1.54, 1.807) is 19.2 Å². The van der Waals surface area contributed by atoms with Crippen LogP contribution in [0.1, 0.15) is 53.1 Å². The number of likely N-dealkylation sites (tertiary alicyclic amines) is 1. The number of rotatable bonds is 6. The summed E-state index contributed by atoms with van der Waals surface area (Å²) in [5.74, 6) is 1.40. The second kappa shape index (κ2) is 7.81. The molecule has 2 atom stereocenters. The van der Waals surface area contributed by atoms with Gasteiger partial charge in [-0.2, -0.15) is 0 Å². The Kier molecular flexibility index (Phi) is 5.26. The van der Waals surface area contributed by atoms with Crippen molar-refractivity contribution in [3.05, 3.63) is 65.0 Å². The molecule has 2 aromatic rings. The lowest BCUT2D eigenvalue weighted by atomic mass is 9.79. The van der Waals surface area contributed by atoms with Crippen LogP contribution < -0.4 is 4.74 Å². The van der Waals surface area contributed by atoms with E-state index in [1.165, 1.54) is 29.7 Å². The highest BCUT2D eigenvalue weighted by atomic mass is 19.1. The molecule has 4 heteroatoms. The van der Waals surface area contributed by atoms with Crippen molar-refractivity contribution in [2.24, 2.45) is 0 Å². The summed E-state index contributed by atoms with van der Waals surface area (Å²) in [6.45, 7) is 2.05. The van der Waals surface area contributed by atoms with Gasteiger partial charge in [0.25, 0.3) is 0 Å². The highest BCUT2D eigenvalue weighted by molar-refractivity contribution is 5.95. The lowest BCUT2D eigenvalue weighted by molar-refractivity contribution is 0.0972. The van der Waals surface area contributed by atoms with Crippen LogP contribution in [0, 0.1) is 5.82 Å². The lowest BCUT2D eigenvalue weighted by Crippen LogP contribution is -2.36. The number of Topliss-reactive ketones (excluding diaryl/α,β-unsaturated/α-hetero) is 1. The molecule has 1 heterocycles. The van der Waals surface area contributed by atoms with Gasteiger partial charge >= 0.3 is 0 Å². The van der Waals surface area contributed by atoms with Gasteiger partial charge in [0.2, 0.25) is 0 Å². The third kappa shape index (κ3) is 3.63. The maximum absolute atomic E-state index is 13.0. The third-order valence-corrected chi connectivity index (χ3v) is 6.15. The molecule has 0 amide bonds. The minimum absolute atomic E-state index is 0.101. The molecule has 27 heavy (non-hydrogen) atoms. The predicted molar refractivity (Wildman–Crippen MR) is 104 cm³/mol. The molecule has 1 aliphatic carbocycles. The zero-order valence-corrected chi connectivity index (χ0v) is 15.8. The van der Waals surface area contributed by atoms with Gasteiger partial charge in [-0.3, -0.25) is 9.69 Å². The molecule has 0 N–H and O–H groups in total. The maximum Gasteiger partial charge on any atom is 0.162 e. The van der Waals surface area contributed by atoms with Crippen LogP contribution in [0.4, 0.5) is 4.39 Å². The van der Waals surface area contributed by atoms with Crippen molar-refractivity contribution >= 4 is 5.78 Å². The molecule has 0 unspecified atom stereocenters. The molecule has 4 rings (SSSR count). The van der Waals surface area contributed by atoms with Crippen molar-refractivity contribution in [3.63, 3.8) is 0 Å². The van der Waals surface area contributed by atoms with Gasteiger partial charge < -0.3 is 4.74 Å². The SMILES string of the molecule is COc1cccc2c1CC[C@@H]1[C@H]2CCN1CCCC(=O)c1ccc(F)cc1. The molecular formula is C23H26FNO2. The Morgan fingerprint density at radius 1 is 1.19 bits per heavy atom. The average Bonchev–Trinajstić information content (AvgIpc) is 3.11. The van der Waals surface area contributed by atoms with Gasteiger partial charge in [0.15, 0.2) is 5.78 Å². The molecule has 0 saturated carbocycles. The first-order valence-electron chi connectivity index (χ1n) is 9.86. The number of halogens is 1. The van der Waals surface area contributed by atoms with Gasteiger partial charge in [-0.1, -0.05) is 12.1 Å². The third-order valence-electron chi connectivity index (χ3n) is 6.15. The van der Waals surface area contributed by atoms with Crippen LogP contribution in [0.2, 0.25) is 0 Å². The van der Waals surface area contributed by atoms with Crippen LogP contribution in [-0.4, -0.2) is 36.9 Å². The Morgan fingerprint density at radius 3 is 2.78 bits per heavy atom. The van der Waals surface area contributed by atoms with E-state index in [0.717, 1.165) is 38.1 Å². The molecule has 1 saturated heterocycles. The summed E-state index contributed by atoms with van der Waals surface area (Å²) in [6, 6.07) is 12.9. The van der Waals surface area contributed by atoms with Crippen molar-refractivity contribution in [2.75, 3.05) is 20.2 Å². The van der Waals surface area contributed by atoms with E-state index < -0.39 is 0 Å². The van der Waals surface area contributed by atoms with Crippen LogP contribution in [-0.2, 0) is 6.42 Å². The second-order valence-corrected chi connectivity index (χ2v) is 7.60. The first kappa shape index (κ1) is 18.2. The van der Waals surface area contributed by atoms with Gasteiger partial charge in [-0.25, -0.2) is 4.39 Å².